The molecule has 1 N–H and O–H groups in total. The van der Waals surface area contributed by atoms with Crippen LogP contribution in [-0.4, -0.2) is 112 Å². The van der Waals surface area contributed by atoms with Gasteiger partial charge in [0.25, 0.3) is 0 Å². The summed E-state index contributed by atoms with van der Waals surface area (Å²) < 4.78 is 46.5. The van der Waals surface area contributed by atoms with E-state index in [-0.39, 0.29) is 35.6 Å². The van der Waals surface area contributed by atoms with Crippen LogP contribution in [0.2, 0.25) is 0 Å². The van der Waals surface area contributed by atoms with E-state index in [2.05, 4.69) is 0 Å². The van der Waals surface area contributed by atoms with Crippen molar-refractivity contribution in [3.05, 3.63) is 119 Å². The molecule has 1 saturated heterocycles. The van der Waals surface area contributed by atoms with Crippen molar-refractivity contribution in [1.29, 1.82) is 0 Å². The molecule has 3 aromatic rings. The summed E-state index contributed by atoms with van der Waals surface area (Å²) in [5.41, 5.74) is -6.75. The summed E-state index contributed by atoms with van der Waals surface area (Å²) in [4.78, 5) is 90.4. The number of alkyl halides is 3. The molecule has 2 aliphatic heterocycles. The van der Waals surface area contributed by atoms with Crippen LogP contribution in [0.4, 0.5) is 4.79 Å². The van der Waals surface area contributed by atoms with Crippen molar-refractivity contribution in [2.75, 3.05) is 13.2 Å². The average molecular weight is 1010 g/mol. The summed E-state index contributed by atoms with van der Waals surface area (Å²) in [5, 5.41) is 14.0. The number of hydrogen-bond donors (Lipinski definition) is 1. The first kappa shape index (κ1) is 49.9. The molecule has 11 atom stereocenters. The number of ether oxygens (including phenoxy) is 8. The third kappa shape index (κ3) is 8.99. The maximum absolute atomic E-state index is 16.1. The molecular weight excluding hydrogens is 961 g/mol. The predicted molar refractivity (Wildman–Crippen MR) is 246 cm³/mol. The van der Waals surface area contributed by atoms with Crippen LogP contribution in [0.25, 0.3) is 0 Å². The fourth-order valence-electron chi connectivity index (χ4n) is 10.9. The van der Waals surface area contributed by atoms with Crippen LogP contribution in [0.5, 0.6) is 0 Å². The number of benzene rings is 3. The van der Waals surface area contributed by atoms with Crippen molar-refractivity contribution in [1.82, 2.24) is 0 Å². The number of ketones is 1. The maximum atomic E-state index is 16.1. The molecule has 0 radical (unpaired) electrons. The van der Waals surface area contributed by atoms with E-state index < -0.39 is 123 Å². The monoisotopic (exact) mass is 1010 g/mol. The summed E-state index contributed by atoms with van der Waals surface area (Å²) in [5.74, 6) is -6.03. The van der Waals surface area contributed by atoms with Crippen molar-refractivity contribution < 1.29 is 71.8 Å². The number of esters is 4. The minimum Gasteiger partial charge on any atom is -0.459 e. The summed E-state index contributed by atoms with van der Waals surface area (Å²) >= 11 is 17.7. The van der Waals surface area contributed by atoms with E-state index in [1.165, 1.54) is 19.1 Å². The van der Waals surface area contributed by atoms with E-state index >= 15 is 4.79 Å². The molecule has 2 heterocycles. The molecule has 3 fully saturated rings. The molecule has 3 aliphatic carbocycles. The van der Waals surface area contributed by atoms with E-state index in [1.54, 1.807) is 87.5 Å². The minimum absolute atomic E-state index is 0.00564. The maximum Gasteiger partial charge on any atom is 0.508 e. The van der Waals surface area contributed by atoms with E-state index in [0.717, 1.165) is 13.8 Å². The molecule has 69 heavy (non-hydrogen) atoms. The highest BCUT2D eigenvalue weighted by Crippen LogP contribution is 2.65. The Balaban J connectivity index is 1.31. The van der Waals surface area contributed by atoms with E-state index in [9.17, 15) is 29.1 Å². The number of aliphatic imine (C=N–C) groups is 1. The van der Waals surface area contributed by atoms with E-state index in [1.807, 2.05) is 12.1 Å². The second-order valence-corrected chi connectivity index (χ2v) is 21.1. The van der Waals surface area contributed by atoms with E-state index in [4.69, 9.17) is 77.7 Å². The Kier molecular flexibility index (Phi) is 13.5. The molecule has 3 aromatic carbocycles. The Morgan fingerprint density at radius 3 is 2.04 bits per heavy atom. The Hall–Kier alpha value is -5.52. The second kappa shape index (κ2) is 18.7. The smallest absolute Gasteiger partial charge is 0.459 e. The third-order valence-corrected chi connectivity index (χ3v) is 14.5. The van der Waals surface area contributed by atoms with Crippen molar-refractivity contribution in [2.45, 2.75) is 112 Å². The van der Waals surface area contributed by atoms with Gasteiger partial charge in [-0.05, 0) is 54.8 Å². The van der Waals surface area contributed by atoms with Gasteiger partial charge in [-0.2, -0.15) is 0 Å². The first-order valence-electron chi connectivity index (χ1n) is 22.2. The van der Waals surface area contributed by atoms with Gasteiger partial charge in [0.1, 0.15) is 42.7 Å². The zero-order valence-electron chi connectivity index (χ0n) is 38.4. The average Bonchev–Trinajstić information content (AvgIpc) is 3.75. The molecule has 0 amide bonds. The van der Waals surface area contributed by atoms with Crippen LogP contribution < -0.4 is 0 Å². The summed E-state index contributed by atoms with van der Waals surface area (Å²) in [6.07, 6.45) is -11.6. The van der Waals surface area contributed by atoms with Gasteiger partial charge in [0.15, 0.2) is 17.5 Å². The Morgan fingerprint density at radius 1 is 0.841 bits per heavy atom. The van der Waals surface area contributed by atoms with E-state index in [0.29, 0.717) is 11.1 Å². The molecule has 0 aromatic heterocycles. The lowest BCUT2D eigenvalue weighted by molar-refractivity contribution is -0.346. The number of aliphatic hydroxyl groups is 1. The number of halogens is 3. The van der Waals surface area contributed by atoms with Crippen LogP contribution in [0.3, 0.4) is 0 Å². The Bertz CT molecular complexity index is 2590. The van der Waals surface area contributed by atoms with Crippen LogP contribution in [0.1, 0.15) is 81.9 Å². The van der Waals surface area contributed by atoms with Gasteiger partial charge in [0, 0.05) is 37.7 Å². The number of Topliss-reactive ketones (excluding diaryl/α,β-unsaturated/α-hetero) is 1. The standard InChI is InChI=1S/C50H50Cl3NO15/c1-26-32(65-44(59)38-36(29-16-10-7-11-17-29)54-42(67-38)30-18-12-8-13-19-30)23-49(61)41(68-43(58)31-20-14-9-15-21-31)39-47(6,40(57)37(64-27(2)55)35(26)46(49,4)5)33(66-45(60)63-25-50(51,52)53)22-34-48(39,24-62-34)69-28(3)56/h7-21,32-34,36-39,41,61H,22-25H2,1-6H3/t32-,33-,34+,36-,37+,38+,39-,41-,47+,48-,49+/m0/s1. The minimum atomic E-state index is -2.44. The zero-order chi connectivity index (χ0) is 49.8. The summed E-state index contributed by atoms with van der Waals surface area (Å²) in [6, 6.07) is 24.9. The number of hydrogen-bond acceptors (Lipinski definition) is 16. The molecule has 2 saturated carbocycles. The summed E-state index contributed by atoms with van der Waals surface area (Å²) in [7, 11) is 0. The van der Waals surface area contributed by atoms with Crippen LogP contribution >= 0.6 is 34.8 Å². The normalized spacial score (nSPS) is 32.2. The number of rotatable bonds is 10. The number of fused-ring (bicyclic) bond motifs is 5. The van der Waals surface area contributed by atoms with Crippen LogP contribution in [0, 0.1) is 16.7 Å². The Labute approximate surface area is 412 Å². The molecule has 0 unspecified atom stereocenters. The zero-order valence-corrected chi connectivity index (χ0v) is 40.6. The number of carbonyl (C=O) groups excluding carboxylic acids is 6. The van der Waals surface area contributed by atoms with Gasteiger partial charge in [-0.1, -0.05) is 115 Å². The molecule has 8 rings (SSSR count). The highest BCUT2D eigenvalue weighted by atomic mass is 35.6. The molecular formula is C50H50Cl3NO15. The number of nitrogens with zero attached hydrogens (tertiary/aromatic N) is 1. The second-order valence-electron chi connectivity index (χ2n) is 18.6. The van der Waals surface area contributed by atoms with Gasteiger partial charge in [0.2, 0.25) is 15.8 Å². The first-order valence-corrected chi connectivity index (χ1v) is 23.3. The third-order valence-electron chi connectivity index (χ3n) is 14.2. The summed E-state index contributed by atoms with van der Waals surface area (Å²) in [6.45, 7) is 7.16. The van der Waals surface area contributed by atoms with Gasteiger partial charge < -0.3 is 43.0 Å². The quantitative estimate of drug-likeness (QED) is 0.0913. The molecule has 5 aliphatic rings. The van der Waals surface area contributed by atoms with Crippen molar-refractivity contribution in [3.63, 3.8) is 0 Å². The fraction of sp³-hybridized carbons (Fsp3) is 0.460. The lowest BCUT2D eigenvalue weighted by Crippen LogP contribution is -2.82. The van der Waals surface area contributed by atoms with Crippen molar-refractivity contribution in [3.8, 4) is 0 Å². The number of carbonyl (C=O) groups is 6. The highest BCUT2D eigenvalue weighted by molar-refractivity contribution is 6.67. The fourth-order valence-corrected chi connectivity index (χ4v) is 11.0. The molecule has 16 nitrogen and oxygen atoms in total. The van der Waals surface area contributed by atoms with Gasteiger partial charge in [-0.25, -0.2) is 19.4 Å². The van der Waals surface area contributed by atoms with Crippen LogP contribution in [-0.2, 0) is 57.1 Å². The molecule has 0 spiro atoms. The van der Waals surface area contributed by atoms with Gasteiger partial charge in [0.05, 0.1) is 23.5 Å². The lowest BCUT2D eigenvalue weighted by Gasteiger charge is -2.67. The van der Waals surface area contributed by atoms with Gasteiger partial charge >= 0.3 is 30.0 Å². The molecule has 19 heteroatoms. The molecule has 2 bridgehead atoms. The Morgan fingerprint density at radius 2 is 1.46 bits per heavy atom. The topological polar surface area (TPSA) is 209 Å². The van der Waals surface area contributed by atoms with Crippen molar-refractivity contribution in [2.24, 2.45) is 21.7 Å². The predicted octanol–water partition coefficient (Wildman–Crippen LogP) is 7.32. The van der Waals surface area contributed by atoms with Crippen molar-refractivity contribution >= 4 is 76.5 Å². The molecule has 366 valence electrons. The first-order chi connectivity index (χ1) is 32.5. The largest absolute Gasteiger partial charge is 0.508 e. The highest BCUT2D eigenvalue weighted by Gasteiger charge is 2.79. The van der Waals surface area contributed by atoms with Gasteiger partial charge in [-0.3, -0.25) is 14.4 Å². The van der Waals surface area contributed by atoms with Crippen LogP contribution in [0.15, 0.2) is 107 Å². The van der Waals surface area contributed by atoms with Gasteiger partial charge in [-0.15, -0.1) is 0 Å². The SMILES string of the molecule is CC(=O)O[C@H]1C(=O)[C@]2(C)[C@@H](OC(=O)OCC(Cl)(Cl)Cl)C[C@H]3OC[C@@]3(OC(C)=O)[C@H]2[C@H](OC(=O)c2ccccc2)[C@]2(O)C[C@H](OC(=O)[C@@H]3OC(c4ccccc4)=N[C@H]3c3ccccc3)C(C)=C1C2(C)C. The lowest BCUT2D eigenvalue weighted by atomic mass is 9.44.